The maximum Gasteiger partial charge on any atom is 0.242 e. The first kappa shape index (κ1) is 18.1. The number of hydrogen-bond donors (Lipinski definition) is 1. The maximum absolute atomic E-state index is 12.1. The second-order valence-corrected chi connectivity index (χ2v) is 7.34. The zero-order chi connectivity index (χ0) is 17.6. The van der Waals surface area contributed by atoms with E-state index in [0.29, 0.717) is 6.54 Å². The molecule has 1 heterocycles. The zero-order valence-corrected chi connectivity index (χ0v) is 14.6. The monoisotopic (exact) mass is 347 g/mol. The Morgan fingerprint density at radius 1 is 1.21 bits per heavy atom. The SMILES string of the molecule is Cc1ccc(CN(C)C(=O)CCNS(=O)(=O)c2cccnc2)cc1. The third kappa shape index (κ3) is 5.14. The van der Waals surface area contributed by atoms with Gasteiger partial charge in [-0.05, 0) is 24.6 Å². The number of hydrogen-bond acceptors (Lipinski definition) is 4. The van der Waals surface area contributed by atoms with E-state index in [2.05, 4.69) is 9.71 Å². The fraction of sp³-hybridized carbons (Fsp3) is 0.294. The van der Waals surface area contributed by atoms with Gasteiger partial charge in [0.25, 0.3) is 0 Å². The van der Waals surface area contributed by atoms with Gasteiger partial charge < -0.3 is 4.90 Å². The van der Waals surface area contributed by atoms with Gasteiger partial charge in [0.05, 0.1) is 0 Å². The van der Waals surface area contributed by atoms with Crippen molar-refractivity contribution < 1.29 is 13.2 Å². The molecule has 1 aromatic carbocycles. The minimum absolute atomic E-state index is 0.0499. The quantitative estimate of drug-likeness (QED) is 0.827. The molecule has 1 N–H and O–H groups in total. The summed E-state index contributed by atoms with van der Waals surface area (Å²) in [6, 6.07) is 11.0. The number of amides is 1. The van der Waals surface area contributed by atoms with Crippen LogP contribution in [-0.2, 0) is 21.4 Å². The van der Waals surface area contributed by atoms with Gasteiger partial charge in [0.1, 0.15) is 4.90 Å². The van der Waals surface area contributed by atoms with E-state index in [-0.39, 0.29) is 23.8 Å². The highest BCUT2D eigenvalue weighted by atomic mass is 32.2. The molecule has 0 aliphatic heterocycles. The fourth-order valence-electron chi connectivity index (χ4n) is 2.13. The van der Waals surface area contributed by atoms with Crippen molar-refractivity contribution >= 4 is 15.9 Å². The van der Waals surface area contributed by atoms with Gasteiger partial charge in [-0.1, -0.05) is 29.8 Å². The number of nitrogens with one attached hydrogen (secondary N) is 1. The van der Waals surface area contributed by atoms with E-state index in [1.807, 2.05) is 31.2 Å². The van der Waals surface area contributed by atoms with Crippen molar-refractivity contribution in [1.29, 1.82) is 0 Å². The van der Waals surface area contributed by atoms with Crippen LogP contribution in [0.1, 0.15) is 17.5 Å². The van der Waals surface area contributed by atoms with Crippen molar-refractivity contribution in [2.24, 2.45) is 0 Å². The summed E-state index contributed by atoms with van der Waals surface area (Å²) in [5.41, 5.74) is 2.20. The minimum Gasteiger partial charge on any atom is -0.341 e. The number of pyridine rings is 1. The minimum atomic E-state index is -3.63. The van der Waals surface area contributed by atoms with Crippen LogP contribution in [-0.4, -0.2) is 37.8 Å². The van der Waals surface area contributed by atoms with Gasteiger partial charge in [0.2, 0.25) is 15.9 Å². The number of aryl methyl sites for hydroxylation is 1. The molecule has 0 atom stereocenters. The average Bonchev–Trinajstić information content (AvgIpc) is 2.57. The highest BCUT2D eigenvalue weighted by molar-refractivity contribution is 7.89. The molecule has 128 valence electrons. The van der Waals surface area contributed by atoms with Crippen LogP contribution in [0.15, 0.2) is 53.7 Å². The van der Waals surface area contributed by atoms with Gasteiger partial charge in [-0.3, -0.25) is 9.78 Å². The zero-order valence-electron chi connectivity index (χ0n) is 13.8. The van der Waals surface area contributed by atoms with Crippen molar-refractivity contribution in [3.8, 4) is 0 Å². The summed E-state index contributed by atoms with van der Waals surface area (Å²) in [5, 5.41) is 0. The van der Waals surface area contributed by atoms with E-state index >= 15 is 0 Å². The summed E-state index contributed by atoms with van der Waals surface area (Å²) in [6.07, 6.45) is 2.87. The Hall–Kier alpha value is -2.25. The van der Waals surface area contributed by atoms with Crippen LogP contribution in [0.2, 0.25) is 0 Å². The van der Waals surface area contributed by atoms with Crippen molar-refractivity contribution in [3.63, 3.8) is 0 Å². The van der Waals surface area contributed by atoms with Crippen LogP contribution in [0.25, 0.3) is 0 Å². The van der Waals surface area contributed by atoms with Crippen LogP contribution in [0.5, 0.6) is 0 Å². The summed E-state index contributed by atoms with van der Waals surface area (Å²) in [5.74, 6) is -0.121. The lowest BCUT2D eigenvalue weighted by Crippen LogP contribution is -2.32. The Balaban J connectivity index is 1.83. The molecule has 0 saturated carbocycles. The van der Waals surface area contributed by atoms with E-state index in [1.54, 1.807) is 18.0 Å². The largest absolute Gasteiger partial charge is 0.341 e. The lowest BCUT2D eigenvalue weighted by molar-refractivity contribution is -0.130. The van der Waals surface area contributed by atoms with Crippen molar-refractivity contribution in [2.45, 2.75) is 24.8 Å². The van der Waals surface area contributed by atoms with E-state index in [0.717, 1.165) is 11.1 Å². The van der Waals surface area contributed by atoms with Crippen molar-refractivity contribution in [3.05, 3.63) is 59.9 Å². The normalized spacial score (nSPS) is 11.2. The van der Waals surface area contributed by atoms with E-state index in [4.69, 9.17) is 0 Å². The van der Waals surface area contributed by atoms with Gasteiger partial charge >= 0.3 is 0 Å². The van der Waals surface area contributed by atoms with Crippen LogP contribution < -0.4 is 4.72 Å². The standard InChI is InChI=1S/C17H21N3O3S/c1-14-5-7-15(8-6-14)13-20(2)17(21)9-11-19-24(22,23)16-4-3-10-18-12-16/h3-8,10,12,19H,9,11,13H2,1-2H3. The van der Waals surface area contributed by atoms with E-state index < -0.39 is 10.0 Å². The van der Waals surface area contributed by atoms with Gasteiger partial charge in [-0.25, -0.2) is 13.1 Å². The van der Waals surface area contributed by atoms with Gasteiger partial charge in [-0.2, -0.15) is 0 Å². The summed E-state index contributed by atoms with van der Waals surface area (Å²) < 4.78 is 26.5. The Morgan fingerprint density at radius 2 is 1.92 bits per heavy atom. The molecule has 0 unspecified atom stereocenters. The average molecular weight is 347 g/mol. The molecule has 6 nitrogen and oxygen atoms in total. The smallest absolute Gasteiger partial charge is 0.242 e. The molecule has 0 spiro atoms. The van der Waals surface area contributed by atoms with E-state index in [9.17, 15) is 13.2 Å². The summed E-state index contributed by atoms with van der Waals surface area (Å²) >= 11 is 0. The van der Waals surface area contributed by atoms with Gasteiger partial charge in [0, 0.05) is 39.0 Å². The Bertz CT molecular complexity index is 774. The number of carbonyl (C=O) groups is 1. The Kier molecular flexibility index (Phi) is 6.05. The molecule has 0 fully saturated rings. The number of sulfonamides is 1. The second-order valence-electron chi connectivity index (χ2n) is 5.57. The molecule has 2 rings (SSSR count). The maximum atomic E-state index is 12.1. The topological polar surface area (TPSA) is 79.4 Å². The first-order valence-electron chi connectivity index (χ1n) is 7.58. The Labute approximate surface area is 142 Å². The summed E-state index contributed by atoms with van der Waals surface area (Å²) in [4.78, 5) is 17.6. The number of carbonyl (C=O) groups excluding carboxylic acids is 1. The molecule has 0 radical (unpaired) electrons. The highest BCUT2D eigenvalue weighted by Crippen LogP contribution is 2.08. The molecule has 0 aliphatic carbocycles. The second kappa shape index (κ2) is 8.03. The number of benzene rings is 1. The molecule has 0 saturated heterocycles. The third-order valence-corrected chi connectivity index (χ3v) is 4.99. The number of rotatable bonds is 7. The first-order valence-corrected chi connectivity index (χ1v) is 9.06. The molecular formula is C17H21N3O3S. The van der Waals surface area contributed by atoms with Gasteiger partial charge in [-0.15, -0.1) is 0 Å². The predicted molar refractivity (Wildman–Crippen MR) is 91.7 cm³/mol. The molecule has 7 heteroatoms. The summed E-state index contributed by atoms with van der Waals surface area (Å²) in [6.45, 7) is 2.55. The van der Waals surface area contributed by atoms with Crippen molar-refractivity contribution in [2.75, 3.05) is 13.6 Å². The number of aromatic nitrogens is 1. The van der Waals surface area contributed by atoms with Gasteiger partial charge in [0.15, 0.2) is 0 Å². The molecular weight excluding hydrogens is 326 g/mol. The molecule has 0 aliphatic rings. The Morgan fingerprint density at radius 3 is 2.54 bits per heavy atom. The van der Waals surface area contributed by atoms with Crippen LogP contribution >= 0.6 is 0 Å². The molecule has 0 bridgehead atoms. The van der Waals surface area contributed by atoms with Crippen LogP contribution in [0.4, 0.5) is 0 Å². The first-order chi connectivity index (χ1) is 11.4. The van der Waals surface area contributed by atoms with Crippen molar-refractivity contribution in [1.82, 2.24) is 14.6 Å². The van der Waals surface area contributed by atoms with Crippen LogP contribution in [0, 0.1) is 6.92 Å². The van der Waals surface area contributed by atoms with Crippen LogP contribution in [0.3, 0.4) is 0 Å². The lowest BCUT2D eigenvalue weighted by atomic mass is 10.1. The highest BCUT2D eigenvalue weighted by Gasteiger charge is 2.15. The lowest BCUT2D eigenvalue weighted by Gasteiger charge is -2.17. The predicted octanol–water partition coefficient (Wildman–Crippen LogP) is 1.72. The fourth-order valence-corrected chi connectivity index (χ4v) is 3.12. The molecule has 1 amide bonds. The summed E-state index contributed by atoms with van der Waals surface area (Å²) in [7, 11) is -1.92. The molecule has 2 aromatic rings. The number of nitrogens with zero attached hydrogens (tertiary/aromatic N) is 2. The molecule has 1 aromatic heterocycles. The van der Waals surface area contributed by atoms with E-state index in [1.165, 1.54) is 18.5 Å². The molecule has 24 heavy (non-hydrogen) atoms. The third-order valence-electron chi connectivity index (χ3n) is 3.54.